The Kier molecular flexibility index (Phi) is 6.17. The quantitative estimate of drug-likeness (QED) is 0.739. The van der Waals surface area contributed by atoms with Gasteiger partial charge in [-0.15, -0.1) is 0 Å². The first-order valence-electron chi connectivity index (χ1n) is 6.22. The molecule has 0 N–H and O–H groups in total. The Morgan fingerprint density at radius 2 is 1.05 bits per heavy atom. The van der Waals surface area contributed by atoms with Gasteiger partial charge in [-0.05, 0) is 24.3 Å². The molecular formula is C15H19O3P. The molecule has 0 aliphatic heterocycles. The lowest BCUT2D eigenvalue weighted by Gasteiger charge is -2.15. The number of benzene rings is 2. The van der Waals surface area contributed by atoms with Crippen LogP contribution in [0.5, 0.6) is 11.5 Å². The summed E-state index contributed by atoms with van der Waals surface area (Å²) in [5.74, 6) is 1.07. The van der Waals surface area contributed by atoms with E-state index in [4.69, 9.17) is 9.05 Å². The van der Waals surface area contributed by atoms with Gasteiger partial charge in [0.2, 0.25) is 0 Å². The standard InChI is InChI=1S/C13H13O3P.C2H6/c1-17(14,15-12-8-4-2-5-9-12)16-13-10-6-3-7-11-13;1-2/h2-11H,1H3;1-2H3. The third-order valence-corrected chi connectivity index (χ3v) is 3.11. The summed E-state index contributed by atoms with van der Waals surface area (Å²) in [7, 11) is -3.14. The summed E-state index contributed by atoms with van der Waals surface area (Å²) in [5, 5.41) is 0. The lowest BCUT2D eigenvalue weighted by atomic mass is 10.3. The molecule has 4 heteroatoms. The van der Waals surface area contributed by atoms with E-state index in [1.165, 1.54) is 6.66 Å². The first-order chi connectivity index (χ1) is 9.16. The molecule has 0 radical (unpaired) electrons. The van der Waals surface area contributed by atoms with Crippen LogP contribution >= 0.6 is 7.60 Å². The second-order valence-electron chi connectivity index (χ2n) is 3.58. The van der Waals surface area contributed by atoms with Crippen molar-refractivity contribution in [2.75, 3.05) is 6.66 Å². The molecule has 2 aromatic carbocycles. The van der Waals surface area contributed by atoms with Crippen LogP contribution in [0.2, 0.25) is 0 Å². The van der Waals surface area contributed by atoms with Crippen LogP contribution in [0.1, 0.15) is 13.8 Å². The molecule has 19 heavy (non-hydrogen) atoms. The summed E-state index contributed by atoms with van der Waals surface area (Å²) in [6, 6.07) is 18.0. The minimum atomic E-state index is -3.14. The van der Waals surface area contributed by atoms with Crippen LogP contribution in [-0.4, -0.2) is 6.66 Å². The Bertz CT molecular complexity index is 466. The normalized spacial score (nSPS) is 10.1. The highest BCUT2D eigenvalue weighted by atomic mass is 31.2. The highest BCUT2D eigenvalue weighted by Gasteiger charge is 2.19. The SMILES string of the molecule is CC.CP(=O)(Oc1ccccc1)Oc1ccccc1. The molecule has 102 valence electrons. The van der Waals surface area contributed by atoms with Gasteiger partial charge in [-0.1, -0.05) is 50.2 Å². The lowest BCUT2D eigenvalue weighted by Crippen LogP contribution is -1.98. The van der Waals surface area contributed by atoms with Crippen molar-refractivity contribution >= 4 is 7.60 Å². The zero-order valence-electron chi connectivity index (χ0n) is 11.4. The van der Waals surface area contributed by atoms with Crippen LogP contribution in [0.15, 0.2) is 60.7 Å². The Balaban J connectivity index is 0.000000861. The second kappa shape index (κ2) is 7.65. The maximum atomic E-state index is 12.1. The van der Waals surface area contributed by atoms with Crippen LogP contribution in [-0.2, 0) is 4.57 Å². The molecule has 0 aliphatic carbocycles. The van der Waals surface area contributed by atoms with Gasteiger partial charge < -0.3 is 9.05 Å². The van der Waals surface area contributed by atoms with E-state index in [9.17, 15) is 4.57 Å². The molecule has 3 nitrogen and oxygen atoms in total. The number of hydrogen-bond acceptors (Lipinski definition) is 3. The molecule has 0 unspecified atom stereocenters. The van der Waals surface area contributed by atoms with Gasteiger partial charge >= 0.3 is 7.60 Å². The molecule has 0 heterocycles. The van der Waals surface area contributed by atoms with Gasteiger partial charge in [0.1, 0.15) is 11.5 Å². The van der Waals surface area contributed by atoms with Crippen molar-refractivity contribution in [2.24, 2.45) is 0 Å². The van der Waals surface area contributed by atoms with Gasteiger partial charge in [0.05, 0.1) is 6.66 Å². The third kappa shape index (κ3) is 5.62. The van der Waals surface area contributed by atoms with Crippen LogP contribution in [0.4, 0.5) is 0 Å². The van der Waals surface area contributed by atoms with E-state index < -0.39 is 7.60 Å². The van der Waals surface area contributed by atoms with E-state index in [2.05, 4.69) is 0 Å². The van der Waals surface area contributed by atoms with Gasteiger partial charge in [-0.3, -0.25) is 0 Å². The first-order valence-corrected chi connectivity index (χ1v) is 8.21. The van der Waals surface area contributed by atoms with Crippen molar-refractivity contribution in [3.8, 4) is 11.5 Å². The largest absolute Gasteiger partial charge is 0.427 e. The third-order valence-electron chi connectivity index (χ3n) is 2.03. The molecule has 0 aliphatic rings. The van der Waals surface area contributed by atoms with Crippen LogP contribution in [0.3, 0.4) is 0 Å². The van der Waals surface area contributed by atoms with Gasteiger partial charge in [-0.2, -0.15) is 0 Å². The molecule has 0 bridgehead atoms. The zero-order chi connectivity index (χ0) is 14.1. The Labute approximate surface area is 114 Å². The van der Waals surface area contributed by atoms with Gasteiger partial charge in [0.15, 0.2) is 0 Å². The molecule has 0 spiro atoms. The van der Waals surface area contributed by atoms with Crippen molar-refractivity contribution in [3.63, 3.8) is 0 Å². The van der Waals surface area contributed by atoms with Crippen molar-refractivity contribution in [3.05, 3.63) is 60.7 Å². The molecule has 0 saturated carbocycles. The molecular weight excluding hydrogens is 259 g/mol. The Morgan fingerprint density at radius 1 is 0.737 bits per heavy atom. The second-order valence-corrected chi connectivity index (χ2v) is 5.49. The van der Waals surface area contributed by atoms with E-state index >= 15 is 0 Å². The molecule has 0 amide bonds. The van der Waals surface area contributed by atoms with E-state index in [1.54, 1.807) is 24.3 Å². The zero-order valence-corrected chi connectivity index (χ0v) is 12.3. The number of hydrogen-bond donors (Lipinski definition) is 0. The predicted molar refractivity (Wildman–Crippen MR) is 79.0 cm³/mol. The minimum absolute atomic E-state index is 0.536. The number of para-hydroxylation sites is 2. The van der Waals surface area contributed by atoms with Gasteiger partial charge in [0.25, 0.3) is 0 Å². The topological polar surface area (TPSA) is 35.5 Å². The highest BCUT2D eigenvalue weighted by Crippen LogP contribution is 2.44. The monoisotopic (exact) mass is 278 g/mol. The average Bonchev–Trinajstić information content (AvgIpc) is 2.42. The van der Waals surface area contributed by atoms with Crippen LogP contribution in [0, 0.1) is 0 Å². The van der Waals surface area contributed by atoms with Crippen molar-refractivity contribution < 1.29 is 13.6 Å². The van der Waals surface area contributed by atoms with Crippen molar-refractivity contribution in [1.82, 2.24) is 0 Å². The molecule has 2 rings (SSSR count). The average molecular weight is 278 g/mol. The Hall–Kier alpha value is -1.73. The highest BCUT2D eigenvalue weighted by molar-refractivity contribution is 7.53. The summed E-state index contributed by atoms with van der Waals surface area (Å²) in [5.41, 5.74) is 0. The summed E-state index contributed by atoms with van der Waals surface area (Å²) >= 11 is 0. The molecule has 0 aromatic heterocycles. The molecule has 0 saturated heterocycles. The van der Waals surface area contributed by atoms with Gasteiger partial charge in [-0.25, -0.2) is 4.57 Å². The molecule has 0 fully saturated rings. The fraction of sp³-hybridized carbons (Fsp3) is 0.200. The minimum Gasteiger partial charge on any atom is -0.416 e. The molecule has 0 atom stereocenters. The summed E-state index contributed by atoms with van der Waals surface area (Å²) < 4.78 is 22.8. The maximum Gasteiger partial charge on any atom is 0.427 e. The maximum absolute atomic E-state index is 12.1. The van der Waals surface area contributed by atoms with E-state index in [0.29, 0.717) is 11.5 Å². The predicted octanol–water partition coefficient (Wildman–Crippen LogP) is 4.99. The summed E-state index contributed by atoms with van der Waals surface area (Å²) in [4.78, 5) is 0. The van der Waals surface area contributed by atoms with E-state index in [0.717, 1.165) is 0 Å². The smallest absolute Gasteiger partial charge is 0.416 e. The van der Waals surface area contributed by atoms with Crippen molar-refractivity contribution in [2.45, 2.75) is 13.8 Å². The van der Waals surface area contributed by atoms with Crippen LogP contribution < -0.4 is 9.05 Å². The lowest BCUT2D eigenvalue weighted by molar-refractivity contribution is 0.393. The summed E-state index contributed by atoms with van der Waals surface area (Å²) in [6.45, 7) is 5.45. The fourth-order valence-corrected chi connectivity index (χ4v) is 2.41. The van der Waals surface area contributed by atoms with Crippen molar-refractivity contribution in [1.29, 1.82) is 0 Å². The Morgan fingerprint density at radius 3 is 1.37 bits per heavy atom. The van der Waals surface area contributed by atoms with E-state index in [1.807, 2.05) is 50.2 Å². The fourth-order valence-electron chi connectivity index (χ4n) is 1.36. The van der Waals surface area contributed by atoms with Gasteiger partial charge in [0, 0.05) is 0 Å². The van der Waals surface area contributed by atoms with Crippen LogP contribution in [0.25, 0.3) is 0 Å². The van der Waals surface area contributed by atoms with E-state index in [-0.39, 0.29) is 0 Å². The molecule has 2 aromatic rings. The summed E-state index contributed by atoms with van der Waals surface area (Å²) in [6.07, 6.45) is 0. The number of rotatable bonds is 4. The first kappa shape index (κ1) is 15.3.